The fourth-order valence-electron chi connectivity index (χ4n) is 3.22. The van der Waals surface area contributed by atoms with Gasteiger partial charge < -0.3 is 15.1 Å². The molecule has 1 aromatic carbocycles. The van der Waals surface area contributed by atoms with Crippen molar-refractivity contribution in [3.05, 3.63) is 75.0 Å². The summed E-state index contributed by atoms with van der Waals surface area (Å²) in [5, 5.41) is 6.71. The third kappa shape index (κ3) is 3.63. The van der Waals surface area contributed by atoms with Gasteiger partial charge in [-0.2, -0.15) is 0 Å². The summed E-state index contributed by atoms with van der Waals surface area (Å²) in [6.45, 7) is 0.300. The Kier molecular flexibility index (Phi) is 5.01. The molecule has 0 fully saturated rings. The fourth-order valence-corrected chi connectivity index (χ4v) is 4.72. The number of aryl methyl sites for hydroxylation is 1. The summed E-state index contributed by atoms with van der Waals surface area (Å²) in [7, 11) is 0. The van der Waals surface area contributed by atoms with Crippen LogP contribution >= 0.6 is 22.9 Å². The zero-order valence-corrected chi connectivity index (χ0v) is 16.0. The molecule has 1 aliphatic carbocycles. The zero-order chi connectivity index (χ0) is 18.8. The Morgan fingerprint density at radius 1 is 1.11 bits per heavy atom. The number of hydrogen-bond acceptors (Lipinski definition) is 4. The van der Waals surface area contributed by atoms with Crippen molar-refractivity contribution >= 4 is 39.8 Å². The van der Waals surface area contributed by atoms with Gasteiger partial charge in [0.1, 0.15) is 10.8 Å². The first-order valence-corrected chi connectivity index (χ1v) is 9.84. The van der Waals surface area contributed by atoms with E-state index in [0.29, 0.717) is 33.5 Å². The van der Waals surface area contributed by atoms with Crippen LogP contribution in [0.1, 0.15) is 43.3 Å². The molecule has 0 unspecified atom stereocenters. The number of carbonyl (C=O) groups excluding carboxylic acids is 2. The molecule has 0 radical (unpaired) electrons. The maximum absolute atomic E-state index is 12.8. The largest absolute Gasteiger partial charge is 0.467 e. The predicted octanol–water partition coefficient (Wildman–Crippen LogP) is 4.67. The Balaban J connectivity index is 1.58. The van der Waals surface area contributed by atoms with Crippen LogP contribution in [-0.4, -0.2) is 11.8 Å². The molecule has 0 spiro atoms. The lowest BCUT2D eigenvalue weighted by Crippen LogP contribution is -2.25. The normalized spacial score (nSPS) is 12.6. The zero-order valence-electron chi connectivity index (χ0n) is 14.4. The van der Waals surface area contributed by atoms with Crippen LogP contribution < -0.4 is 10.6 Å². The first-order chi connectivity index (χ1) is 13.1. The van der Waals surface area contributed by atoms with E-state index < -0.39 is 0 Å². The van der Waals surface area contributed by atoms with Gasteiger partial charge in [-0.25, -0.2) is 0 Å². The van der Waals surface area contributed by atoms with Gasteiger partial charge in [-0.3, -0.25) is 9.59 Å². The van der Waals surface area contributed by atoms with Gasteiger partial charge in [0.15, 0.2) is 0 Å². The maximum Gasteiger partial charge on any atom is 0.257 e. The summed E-state index contributed by atoms with van der Waals surface area (Å²) < 4.78 is 5.26. The molecule has 0 atom stereocenters. The number of fused-ring (bicyclic) bond motifs is 1. The SMILES string of the molecule is O=C(Nc1sc2c(c1C(=O)NCc1ccco1)CCC2)c1ccccc1Cl. The van der Waals surface area contributed by atoms with Gasteiger partial charge in [0.2, 0.25) is 0 Å². The predicted molar refractivity (Wildman–Crippen MR) is 106 cm³/mol. The summed E-state index contributed by atoms with van der Waals surface area (Å²) in [4.78, 5) is 26.6. The van der Waals surface area contributed by atoms with E-state index in [-0.39, 0.29) is 11.8 Å². The van der Waals surface area contributed by atoms with Crippen LogP contribution in [0, 0.1) is 0 Å². The van der Waals surface area contributed by atoms with E-state index in [1.165, 1.54) is 11.3 Å². The minimum absolute atomic E-state index is 0.208. The topological polar surface area (TPSA) is 71.3 Å². The lowest BCUT2D eigenvalue weighted by Gasteiger charge is -2.09. The van der Waals surface area contributed by atoms with Crippen LogP contribution in [0.4, 0.5) is 5.00 Å². The molecule has 0 saturated heterocycles. The van der Waals surface area contributed by atoms with Gasteiger partial charge in [-0.1, -0.05) is 23.7 Å². The number of anilines is 1. The maximum atomic E-state index is 12.8. The lowest BCUT2D eigenvalue weighted by molar-refractivity contribution is 0.0948. The van der Waals surface area contributed by atoms with E-state index in [0.717, 1.165) is 29.7 Å². The van der Waals surface area contributed by atoms with E-state index in [4.69, 9.17) is 16.0 Å². The third-order valence-electron chi connectivity index (χ3n) is 4.50. The molecular formula is C20H17ClN2O3S. The molecule has 1 aliphatic rings. The molecule has 2 aromatic heterocycles. The number of carbonyl (C=O) groups is 2. The van der Waals surface area contributed by atoms with E-state index in [9.17, 15) is 9.59 Å². The van der Waals surface area contributed by atoms with E-state index in [1.54, 1.807) is 42.7 Å². The Hall–Kier alpha value is -2.57. The van der Waals surface area contributed by atoms with Crippen LogP contribution in [0.25, 0.3) is 0 Å². The molecule has 4 rings (SSSR count). The number of hydrogen-bond donors (Lipinski definition) is 2. The van der Waals surface area contributed by atoms with E-state index >= 15 is 0 Å². The summed E-state index contributed by atoms with van der Waals surface area (Å²) in [6.07, 6.45) is 4.37. The number of thiophene rings is 1. The molecule has 0 aliphatic heterocycles. The second-order valence-electron chi connectivity index (χ2n) is 6.26. The van der Waals surface area contributed by atoms with Crippen molar-refractivity contribution in [2.45, 2.75) is 25.8 Å². The van der Waals surface area contributed by atoms with Crippen molar-refractivity contribution in [1.82, 2.24) is 5.32 Å². The van der Waals surface area contributed by atoms with Gasteiger partial charge in [0.05, 0.1) is 29.0 Å². The molecule has 138 valence electrons. The minimum Gasteiger partial charge on any atom is -0.467 e. The summed E-state index contributed by atoms with van der Waals surface area (Å²) in [5.74, 6) is 0.151. The van der Waals surface area contributed by atoms with Crippen LogP contribution in [0.3, 0.4) is 0 Å². The quantitative estimate of drug-likeness (QED) is 0.654. The summed E-state index contributed by atoms with van der Waals surface area (Å²) in [5.41, 5.74) is 1.97. The minimum atomic E-state index is -0.319. The fraction of sp³-hybridized carbons (Fsp3) is 0.200. The van der Waals surface area contributed by atoms with Crippen molar-refractivity contribution in [2.24, 2.45) is 0 Å². The molecule has 27 heavy (non-hydrogen) atoms. The Morgan fingerprint density at radius 3 is 2.74 bits per heavy atom. The van der Waals surface area contributed by atoms with Crippen LogP contribution in [0.5, 0.6) is 0 Å². The Morgan fingerprint density at radius 2 is 1.96 bits per heavy atom. The third-order valence-corrected chi connectivity index (χ3v) is 6.03. The van der Waals surface area contributed by atoms with Crippen molar-refractivity contribution in [3.63, 3.8) is 0 Å². The van der Waals surface area contributed by atoms with Gasteiger partial charge in [-0.05, 0) is 49.1 Å². The van der Waals surface area contributed by atoms with Crippen molar-refractivity contribution in [3.8, 4) is 0 Å². The number of rotatable bonds is 5. The van der Waals surface area contributed by atoms with Gasteiger partial charge in [-0.15, -0.1) is 11.3 Å². The summed E-state index contributed by atoms with van der Waals surface area (Å²) in [6, 6.07) is 10.4. The highest BCUT2D eigenvalue weighted by Gasteiger charge is 2.28. The van der Waals surface area contributed by atoms with Crippen molar-refractivity contribution in [2.75, 3.05) is 5.32 Å². The van der Waals surface area contributed by atoms with Crippen LogP contribution in [0.2, 0.25) is 5.02 Å². The molecule has 0 bridgehead atoms. The van der Waals surface area contributed by atoms with E-state index in [1.807, 2.05) is 0 Å². The summed E-state index contributed by atoms with van der Waals surface area (Å²) >= 11 is 7.59. The standard InChI is InChI=1S/C20H17ClN2O3S/c21-15-8-2-1-6-13(15)18(24)23-20-17(14-7-3-9-16(14)27-20)19(25)22-11-12-5-4-10-26-12/h1-2,4-6,8,10H,3,7,9,11H2,(H,22,25)(H,23,24). The van der Waals surface area contributed by atoms with Crippen LogP contribution in [-0.2, 0) is 19.4 Å². The van der Waals surface area contributed by atoms with Gasteiger partial charge >= 0.3 is 0 Å². The lowest BCUT2D eigenvalue weighted by atomic mass is 10.1. The molecule has 2 N–H and O–H groups in total. The molecule has 2 heterocycles. The smallest absolute Gasteiger partial charge is 0.257 e. The average Bonchev–Trinajstić information content (AvgIpc) is 3.37. The van der Waals surface area contributed by atoms with Gasteiger partial charge in [0, 0.05) is 4.88 Å². The molecule has 7 heteroatoms. The van der Waals surface area contributed by atoms with Crippen LogP contribution in [0.15, 0.2) is 47.1 Å². The van der Waals surface area contributed by atoms with Crippen molar-refractivity contribution in [1.29, 1.82) is 0 Å². The number of amides is 2. The molecular weight excluding hydrogens is 384 g/mol. The molecule has 0 saturated carbocycles. The second kappa shape index (κ2) is 7.58. The Labute approximate surface area is 165 Å². The van der Waals surface area contributed by atoms with Crippen molar-refractivity contribution < 1.29 is 14.0 Å². The number of benzene rings is 1. The molecule has 2 amide bonds. The second-order valence-corrected chi connectivity index (χ2v) is 7.77. The molecule has 5 nitrogen and oxygen atoms in total. The average molecular weight is 401 g/mol. The molecule has 3 aromatic rings. The Bertz CT molecular complexity index is 995. The first-order valence-electron chi connectivity index (χ1n) is 8.64. The highest BCUT2D eigenvalue weighted by Crippen LogP contribution is 2.39. The number of nitrogens with one attached hydrogen (secondary N) is 2. The first kappa shape index (κ1) is 17.8. The van der Waals surface area contributed by atoms with Gasteiger partial charge in [0.25, 0.3) is 11.8 Å². The monoisotopic (exact) mass is 400 g/mol. The van der Waals surface area contributed by atoms with E-state index in [2.05, 4.69) is 10.6 Å². The highest BCUT2D eigenvalue weighted by atomic mass is 35.5. The number of furan rings is 1. The highest BCUT2D eigenvalue weighted by molar-refractivity contribution is 7.17. The number of halogens is 1.